The summed E-state index contributed by atoms with van der Waals surface area (Å²) in [5.74, 6) is -0.0350. The quantitative estimate of drug-likeness (QED) is 0.727. The molecule has 0 saturated carbocycles. The van der Waals surface area contributed by atoms with Crippen molar-refractivity contribution in [2.45, 2.75) is 19.5 Å². The maximum absolute atomic E-state index is 11.9. The van der Waals surface area contributed by atoms with Crippen LogP contribution in [0.1, 0.15) is 12.0 Å². The predicted molar refractivity (Wildman–Crippen MR) is 77.1 cm³/mol. The second kappa shape index (κ2) is 7.02. The molecule has 0 unspecified atom stereocenters. The van der Waals surface area contributed by atoms with E-state index in [0.717, 1.165) is 23.0 Å². The van der Waals surface area contributed by atoms with Crippen LogP contribution in [0.2, 0.25) is 0 Å². The van der Waals surface area contributed by atoms with E-state index < -0.39 is 0 Å². The highest BCUT2D eigenvalue weighted by atomic mass is 16.5. The molecule has 0 atom stereocenters. The van der Waals surface area contributed by atoms with E-state index in [9.17, 15) is 4.79 Å². The lowest BCUT2D eigenvalue weighted by Crippen LogP contribution is -2.28. The van der Waals surface area contributed by atoms with Crippen LogP contribution < -0.4 is 11.1 Å². The van der Waals surface area contributed by atoms with Crippen molar-refractivity contribution in [3.05, 3.63) is 30.1 Å². The van der Waals surface area contributed by atoms with E-state index in [1.807, 2.05) is 22.9 Å². The Kier molecular flexibility index (Phi) is 5.09. The topological polar surface area (TPSA) is 82.2 Å². The molecule has 6 heteroatoms. The lowest BCUT2D eigenvalue weighted by molar-refractivity contribution is -0.121. The average molecular weight is 276 g/mol. The number of rotatable bonds is 7. The Morgan fingerprint density at radius 2 is 2.40 bits per heavy atom. The first-order chi connectivity index (χ1) is 9.76. The van der Waals surface area contributed by atoms with E-state index in [-0.39, 0.29) is 12.5 Å². The van der Waals surface area contributed by atoms with Crippen molar-refractivity contribution in [2.24, 2.45) is 5.73 Å². The highest BCUT2D eigenvalue weighted by Crippen LogP contribution is 2.18. The number of hydrogen-bond acceptors (Lipinski definition) is 4. The van der Waals surface area contributed by atoms with E-state index in [4.69, 9.17) is 10.5 Å². The molecule has 3 N–H and O–H groups in total. The number of aromatic nitrogens is 2. The number of nitrogens with two attached hydrogens (primary N) is 1. The summed E-state index contributed by atoms with van der Waals surface area (Å²) in [4.78, 5) is 16.2. The summed E-state index contributed by atoms with van der Waals surface area (Å²) in [6.45, 7) is 1.94. The highest BCUT2D eigenvalue weighted by molar-refractivity contribution is 5.83. The minimum atomic E-state index is -0.0350. The zero-order valence-corrected chi connectivity index (χ0v) is 11.6. The maximum Gasteiger partial charge on any atom is 0.239 e. The van der Waals surface area contributed by atoms with E-state index >= 15 is 0 Å². The van der Waals surface area contributed by atoms with Gasteiger partial charge in [-0.3, -0.25) is 4.79 Å². The molecule has 0 bridgehead atoms. The minimum Gasteiger partial charge on any atom is -0.385 e. The van der Waals surface area contributed by atoms with E-state index in [1.165, 1.54) is 0 Å². The van der Waals surface area contributed by atoms with Gasteiger partial charge in [0.25, 0.3) is 0 Å². The Labute approximate surface area is 117 Å². The van der Waals surface area contributed by atoms with Crippen LogP contribution in [0.5, 0.6) is 0 Å². The third-order valence-corrected chi connectivity index (χ3v) is 3.10. The van der Waals surface area contributed by atoms with Crippen molar-refractivity contribution in [1.82, 2.24) is 14.9 Å². The van der Waals surface area contributed by atoms with Crippen molar-refractivity contribution >= 4 is 16.9 Å². The molecule has 0 aliphatic heterocycles. The number of nitrogens with one attached hydrogen (secondary N) is 1. The number of carbonyl (C=O) groups is 1. The van der Waals surface area contributed by atoms with Crippen molar-refractivity contribution in [3.63, 3.8) is 0 Å². The number of carbonyl (C=O) groups excluding carboxylic acids is 1. The molecule has 2 heterocycles. The Morgan fingerprint density at radius 3 is 3.15 bits per heavy atom. The van der Waals surface area contributed by atoms with Gasteiger partial charge < -0.3 is 20.4 Å². The fourth-order valence-corrected chi connectivity index (χ4v) is 2.13. The van der Waals surface area contributed by atoms with Gasteiger partial charge in [0.05, 0.1) is 0 Å². The molecule has 20 heavy (non-hydrogen) atoms. The van der Waals surface area contributed by atoms with Crippen molar-refractivity contribution < 1.29 is 9.53 Å². The fraction of sp³-hybridized carbons (Fsp3) is 0.429. The summed E-state index contributed by atoms with van der Waals surface area (Å²) in [7, 11) is 1.65. The largest absolute Gasteiger partial charge is 0.385 e. The molecule has 2 rings (SSSR count). The van der Waals surface area contributed by atoms with Crippen molar-refractivity contribution in [3.8, 4) is 0 Å². The van der Waals surface area contributed by atoms with Crippen molar-refractivity contribution in [1.29, 1.82) is 0 Å². The number of amides is 1. The molecular formula is C14H20N4O2. The Hall–Kier alpha value is -1.92. The van der Waals surface area contributed by atoms with Crippen LogP contribution in [0.3, 0.4) is 0 Å². The monoisotopic (exact) mass is 276 g/mol. The first-order valence-electron chi connectivity index (χ1n) is 6.64. The zero-order valence-electron chi connectivity index (χ0n) is 11.6. The standard InChI is InChI=1S/C14H20N4O2/c1-20-7-3-6-16-13(19)10-18-9-11(8-15)12-4-2-5-17-14(12)18/h2,4-5,9H,3,6-8,10,15H2,1H3,(H,16,19). The normalized spacial score (nSPS) is 10.9. The third kappa shape index (κ3) is 3.34. The molecule has 108 valence electrons. The Balaban J connectivity index is 2.04. The summed E-state index contributed by atoms with van der Waals surface area (Å²) in [6, 6.07) is 3.84. The molecule has 0 aromatic carbocycles. The van der Waals surface area contributed by atoms with Gasteiger partial charge in [0.2, 0.25) is 5.91 Å². The second-order valence-corrected chi connectivity index (χ2v) is 4.56. The van der Waals surface area contributed by atoms with Gasteiger partial charge >= 0.3 is 0 Å². The molecule has 0 saturated heterocycles. The number of nitrogens with zero attached hydrogens (tertiary/aromatic N) is 2. The molecule has 0 aliphatic rings. The van der Waals surface area contributed by atoms with Gasteiger partial charge in [-0.2, -0.15) is 0 Å². The SMILES string of the molecule is COCCCNC(=O)Cn1cc(CN)c2cccnc21. The van der Waals surface area contributed by atoms with Crippen LogP contribution in [0, 0.1) is 0 Å². The summed E-state index contributed by atoms with van der Waals surface area (Å²) < 4.78 is 6.77. The van der Waals surface area contributed by atoms with Gasteiger partial charge in [-0.1, -0.05) is 0 Å². The molecule has 0 fully saturated rings. The second-order valence-electron chi connectivity index (χ2n) is 4.56. The van der Waals surface area contributed by atoms with Crippen LogP contribution in [-0.4, -0.2) is 35.7 Å². The molecule has 1 amide bonds. The van der Waals surface area contributed by atoms with Crippen LogP contribution in [0.15, 0.2) is 24.5 Å². The van der Waals surface area contributed by atoms with Gasteiger partial charge in [0.15, 0.2) is 0 Å². The first-order valence-corrected chi connectivity index (χ1v) is 6.64. The van der Waals surface area contributed by atoms with Crippen LogP contribution in [0.4, 0.5) is 0 Å². The molecule has 2 aromatic rings. The summed E-state index contributed by atoms with van der Waals surface area (Å²) in [5.41, 5.74) is 7.51. The van der Waals surface area contributed by atoms with Gasteiger partial charge in [-0.25, -0.2) is 4.98 Å². The van der Waals surface area contributed by atoms with Gasteiger partial charge in [0.1, 0.15) is 12.2 Å². The lowest BCUT2D eigenvalue weighted by atomic mass is 10.2. The number of methoxy groups -OCH3 is 1. The van der Waals surface area contributed by atoms with Gasteiger partial charge in [-0.05, 0) is 24.1 Å². The van der Waals surface area contributed by atoms with E-state index in [2.05, 4.69) is 10.3 Å². The zero-order chi connectivity index (χ0) is 14.4. The smallest absolute Gasteiger partial charge is 0.239 e. The number of pyridine rings is 1. The van der Waals surface area contributed by atoms with E-state index in [1.54, 1.807) is 13.3 Å². The number of fused-ring (bicyclic) bond motifs is 1. The number of ether oxygens (including phenoxy) is 1. The maximum atomic E-state index is 11.9. The van der Waals surface area contributed by atoms with Crippen LogP contribution >= 0.6 is 0 Å². The lowest BCUT2D eigenvalue weighted by Gasteiger charge is -2.06. The molecule has 0 aliphatic carbocycles. The summed E-state index contributed by atoms with van der Waals surface area (Å²) in [5, 5.41) is 3.86. The van der Waals surface area contributed by atoms with Gasteiger partial charge in [-0.15, -0.1) is 0 Å². The predicted octanol–water partition coefficient (Wildman–Crippen LogP) is 0.648. The van der Waals surface area contributed by atoms with E-state index in [0.29, 0.717) is 19.7 Å². The average Bonchev–Trinajstić information content (AvgIpc) is 2.82. The molecule has 6 nitrogen and oxygen atoms in total. The van der Waals surface area contributed by atoms with Gasteiger partial charge in [0, 0.05) is 44.6 Å². The molecule has 0 radical (unpaired) electrons. The Bertz CT molecular complexity index is 580. The van der Waals surface area contributed by atoms with Crippen molar-refractivity contribution in [2.75, 3.05) is 20.3 Å². The molecular weight excluding hydrogens is 256 g/mol. The fourth-order valence-electron chi connectivity index (χ4n) is 2.13. The Morgan fingerprint density at radius 1 is 1.55 bits per heavy atom. The first kappa shape index (κ1) is 14.5. The molecule has 2 aromatic heterocycles. The number of hydrogen-bond donors (Lipinski definition) is 2. The highest BCUT2D eigenvalue weighted by Gasteiger charge is 2.10. The minimum absolute atomic E-state index is 0.0350. The summed E-state index contributed by atoms with van der Waals surface area (Å²) >= 11 is 0. The van der Waals surface area contributed by atoms with Crippen LogP contribution in [0.25, 0.3) is 11.0 Å². The molecule has 0 spiro atoms. The summed E-state index contributed by atoms with van der Waals surface area (Å²) in [6.07, 6.45) is 4.42. The third-order valence-electron chi connectivity index (χ3n) is 3.10. The van der Waals surface area contributed by atoms with Crippen LogP contribution in [-0.2, 0) is 22.6 Å².